The maximum absolute atomic E-state index is 12.0. The SMILES string of the molecule is CCOc1ccccc1NC(=O)CC(=O)N1CCOCC1. The van der Waals surface area contributed by atoms with Crippen molar-refractivity contribution in [2.24, 2.45) is 0 Å². The molecule has 2 rings (SSSR count). The number of anilines is 1. The Hall–Kier alpha value is -2.08. The Kier molecular flexibility index (Phi) is 5.57. The minimum atomic E-state index is -0.335. The summed E-state index contributed by atoms with van der Waals surface area (Å²) < 4.78 is 10.6. The van der Waals surface area contributed by atoms with Crippen molar-refractivity contribution in [3.05, 3.63) is 24.3 Å². The molecule has 0 radical (unpaired) electrons. The lowest BCUT2D eigenvalue weighted by Gasteiger charge is -2.26. The summed E-state index contributed by atoms with van der Waals surface area (Å²) in [4.78, 5) is 25.6. The highest BCUT2D eigenvalue weighted by molar-refractivity contribution is 6.04. The first-order valence-corrected chi connectivity index (χ1v) is 7.08. The van der Waals surface area contributed by atoms with Gasteiger partial charge >= 0.3 is 0 Å². The van der Waals surface area contributed by atoms with Gasteiger partial charge in [-0.2, -0.15) is 0 Å². The van der Waals surface area contributed by atoms with Gasteiger partial charge in [-0.05, 0) is 19.1 Å². The summed E-state index contributed by atoms with van der Waals surface area (Å²) in [5.74, 6) is 0.0931. The molecular formula is C15H20N2O4. The number of carbonyl (C=O) groups is 2. The van der Waals surface area contributed by atoms with Gasteiger partial charge in [-0.25, -0.2) is 0 Å². The van der Waals surface area contributed by atoms with Crippen molar-refractivity contribution in [3.8, 4) is 5.75 Å². The van der Waals surface area contributed by atoms with Gasteiger partial charge in [0, 0.05) is 13.1 Å². The van der Waals surface area contributed by atoms with Crippen molar-refractivity contribution in [2.45, 2.75) is 13.3 Å². The quantitative estimate of drug-likeness (QED) is 0.830. The lowest BCUT2D eigenvalue weighted by atomic mass is 10.2. The van der Waals surface area contributed by atoms with Crippen LogP contribution in [0, 0.1) is 0 Å². The van der Waals surface area contributed by atoms with Gasteiger partial charge in [-0.15, -0.1) is 0 Å². The van der Waals surface area contributed by atoms with Gasteiger partial charge in [0.2, 0.25) is 11.8 Å². The molecule has 0 atom stereocenters. The number of benzene rings is 1. The van der Waals surface area contributed by atoms with E-state index in [9.17, 15) is 9.59 Å². The molecule has 6 heteroatoms. The van der Waals surface area contributed by atoms with Crippen molar-refractivity contribution in [1.82, 2.24) is 4.90 Å². The average molecular weight is 292 g/mol. The molecule has 1 heterocycles. The highest BCUT2D eigenvalue weighted by atomic mass is 16.5. The molecule has 0 saturated carbocycles. The molecule has 1 N–H and O–H groups in total. The fourth-order valence-electron chi connectivity index (χ4n) is 2.11. The largest absolute Gasteiger partial charge is 0.492 e. The molecule has 1 aliphatic rings. The number of para-hydroxylation sites is 2. The number of rotatable bonds is 5. The minimum absolute atomic E-state index is 0.166. The summed E-state index contributed by atoms with van der Waals surface area (Å²) in [6, 6.07) is 7.17. The number of hydrogen-bond donors (Lipinski definition) is 1. The first-order chi connectivity index (χ1) is 10.2. The topological polar surface area (TPSA) is 67.9 Å². The highest BCUT2D eigenvalue weighted by Crippen LogP contribution is 2.23. The molecule has 2 amide bonds. The van der Waals surface area contributed by atoms with Crippen molar-refractivity contribution >= 4 is 17.5 Å². The van der Waals surface area contributed by atoms with E-state index in [4.69, 9.17) is 9.47 Å². The summed E-state index contributed by atoms with van der Waals surface area (Å²) in [5.41, 5.74) is 0.583. The molecule has 1 aromatic rings. The van der Waals surface area contributed by atoms with Gasteiger partial charge in [-0.3, -0.25) is 9.59 Å². The Balaban J connectivity index is 1.90. The van der Waals surface area contributed by atoms with Crippen LogP contribution >= 0.6 is 0 Å². The van der Waals surface area contributed by atoms with Crippen molar-refractivity contribution in [1.29, 1.82) is 0 Å². The molecule has 21 heavy (non-hydrogen) atoms. The van der Waals surface area contributed by atoms with Gasteiger partial charge in [0.25, 0.3) is 0 Å². The summed E-state index contributed by atoms with van der Waals surface area (Å²) >= 11 is 0. The summed E-state index contributed by atoms with van der Waals surface area (Å²) in [7, 11) is 0. The lowest BCUT2D eigenvalue weighted by molar-refractivity contribution is -0.138. The minimum Gasteiger partial charge on any atom is -0.492 e. The van der Waals surface area contributed by atoms with Crippen LogP contribution in [0.3, 0.4) is 0 Å². The molecule has 6 nitrogen and oxygen atoms in total. The predicted octanol–water partition coefficient (Wildman–Crippen LogP) is 1.27. The summed E-state index contributed by atoms with van der Waals surface area (Å²) in [5, 5.41) is 2.72. The zero-order chi connectivity index (χ0) is 15.1. The number of nitrogens with one attached hydrogen (secondary N) is 1. The third-order valence-electron chi connectivity index (χ3n) is 3.14. The molecule has 0 unspecified atom stereocenters. The number of hydrogen-bond acceptors (Lipinski definition) is 4. The Morgan fingerprint density at radius 3 is 2.71 bits per heavy atom. The normalized spacial score (nSPS) is 14.6. The van der Waals surface area contributed by atoms with Crippen LogP contribution in [-0.4, -0.2) is 49.6 Å². The molecule has 1 aromatic carbocycles. The van der Waals surface area contributed by atoms with E-state index in [0.29, 0.717) is 44.3 Å². The van der Waals surface area contributed by atoms with Gasteiger partial charge in [-0.1, -0.05) is 12.1 Å². The monoisotopic (exact) mass is 292 g/mol. The molecule has 1 saturated heterocycles. The van der Waals surface area contributed by atoms with E-state index in [1.165, 1.54) is 0 Å². The van der Waals surface area contributed by atoms with Gasteiger partial charge in [0.15, 0.2) is 0 Å². The molecule has 1 fully saturated rings. The van der Waals surface area contributed by atoms with Crippen LogP contribution in [-0.2, 0) is 14.3 Å². The average Bonchev–Trinajstić information content (AvgIpc) is 2.50. The van der Waals surface area contributed by atoms with E-state index in [2.05, 4.69) is 5.32 Å². The molecule has 0 aliphatic carbocycles. The van der Waals surface area contributed by atoms with Crippen LogP contribution in [0.25, 0.3) is 0 Å². The summed E-state index contributed by atoms with van der Waals surface area (Å²) in [6.45, 7) is 4.53. The van der Waals surface area contributed by atoms with Crippen molar-refractivity contribution < 1.29 is 19.1 Å². The Bertz CT molecular complexity index is 498. The highest BCUT2D eigenvalue weighted by Gasteiger charge is 2.20. The van der Waals surface area contributed by atoms with E-state index < -0.39 is 0 Å². The maximum Gasteiger partial charge on any atom is 0.233 e. The second-order valence-corrected chi connectivity index (χ2v) is 4.65. The van der Waals surface area contributed by atoms with Crippen LogP contribution < -0.4 is 10.1 Å². The molecule has 0 spiro atoms. The second-order valence-electron chi connectivity index (χ2n) is 4.65. The summed E-state index contributed by atoms with van der Waals surface area (Å²) in [6.07, 6.45) is -0.166. The van der Waals surface area contributed by atoms with Gasteiger partial charge in [0.05, 0.1) is 25.5 Å². The lowest BCUT2D eigenvalue weighted by Crippen LogP contribution is -2.41. The van der Waals surface area contributed by atoms with Crippen molar-refractivity contribution in [2.75, 3.05) is 38.2 Å². The van der Waals surface area contributed by atoms with E-state index in [0.717, 1.165) is 0 Å². The van der Waals surface area contributed by atoms with Crippen LogP contribution in [0.15, 0.2) is 24.3 Å². The second kappa shape index (κ2) is 7.64. The number of morpholine rings is 1. The van der Waals surface area contributed by atoms with Crippen LogP contribution in [0.1, 0.15) is 13.3 Å². The Labute approximate surface area is 124 Å². The van der Waals surface area contributed by atoms with Crippen LogP contribution in [0.2, 0.25) is 0 Å². The number of ether oxygens (including phenoxy) is 2. The van der Waals surface area contributed by atoms with E-state index in [-0.39, 0.29) is 18.2 Å². The van der Waals surface area contributed by atoms with E-state index in [1.807, 2.05) is 19.1 Å². The van der Waals surface area contributed by atoms with E-state index >= 15 is 0 Å². The van der Waals surface area contributed by atoms with Gasteiger partial charge in [0.1, 0.15) is 12.2 Å². The first-order valence-electron chi connectivity index (χ1n) is 7.08. The molecular weight excluding hydrogens is 272 g/mol. The van der Waals surface area contributed by atoms with Crippen molar-refractivity contribution in [3.63, 3.8) is 0 Å². The smallest absolute Gasteiger partial charge is 0.233 e. The molecule has 1 aliphatic heterocycles. The maximum atomic E-state index is 12.0. The number of amides is 2. The number of carbonyl (C=O) groups excluding carboxylic acids is 2. The Morgan fingerprint density at radius 1 is 1.29 bits per heavy atom. The molecule has 0 bridgehead atoms. The third kappa shape index (κ3) is 4.46. The fraction of sp³-hybridized carbons (Fsp3) is 0.467. The number of nitrogens with zero attached hydrogens (tertiary/aromatic N) is 1. The van der Waals surface area contributed by atoms with Gasteiger partial charge < -0.3 is 19.7 Å². The van der Waals surface area contributed by atoms with Crippen LogP contribution in [0.5, 0.6) is 5.75 Å². The fourth-order valence-corrected chi connectivity index (χ4v) is 2.11. The predicted molar refractivity (Wildman–Crippen MR) is 78.3 cm³/mol. The third-order valence-corrected chi connectivity index (χ3v) is 3.14. The Morgan fingerprint density at radius 2 is 2.00 bits per heavy atom. The zero-order valence-electron chi connectivity index (χ0n) is 12.1. The standard InChI is InChI=1S/C15H20N2O4/c1-2-21-13-6-4-3-5-12(13)16-14(18)11-15(19)17-7-9-20-10-8-17/h3-6H,2,7-11H2,1H3,(H,16,18). The first kappa shape index (κ1) is 15.3. The molecule has 0 aromatic heterocycles. The molecule has 114 valence electrons. The van der Waals surface area contributed by atoms with E-state index in [1.54, 1.807) is 17.0 Å². The van der Waals surface area contributed by atoms with Crippen LogP contribution in [0.4, 0.5) is 5.69 Å². The zero-order valence-corrected chi connectivity index (χ0v) is 12.1.